The first-order valence-corrected chi connectivity index (χ1v) is 7.95. The quantitative estimate of drug-likeness (QED) is 0.856. The number of rotatable bonds is 4. The highest BCUT2D eigenvalue weighted by molar-refractivity contribution is 9.10. The summed E-state index contributed by atoms with van der Waals surface area (Å²) in [6.07, 6.45) is 1.21. The van der Waals surface area contributed by atoms with Crippen molar-refractivity contribution in [3.63, 3.8) is 0 Å². The van der Waals surface area contributed by atoms with Crippen molar-refractivity contribution in [2.24, 2.45) is 0 Å². The van der Waals surface area contributed by atoms with Gasteiger partial charge in [0.05, 0.1) is 0 Å². The van der Waals surface area contributed by atoms with Crippen molar-refractivity contribution in [1.82, 2.24) is 5.32 Å². The lowest BCUT2D eigenvalue weighted by Crippen LogP contribution is -2.28. The van der Waals surface area contributed by atoms with E-state index >= 15 is 0 Å². The summed E-state index contributed by atoms with van der Waals surface area (Å²) < 4.78 is 1.83. The minimum absolute atomic E-state index is 0.681. The van der Waals surface area contributed by atoms with Crippen LogP contribution in [-0.2, 0) is 13.0 Å². The third kappa shape index (κ3) is 2.50. The lowest BCUT2D eigenvalue weighted by molar-refractivity contribution is 0.537. The van der Waals surface area contributed by atoms with E-state index < -0.39 is 0 Å². The van der Waals surface area contributed by atoms with Gasteiger partial charge in [0, 0.05) is 28.4 Å². The van der Waals surface area contributed by atoms with Gasteiger partial charge >= 0.3 is 0 Å². The van der Waals surface area contributed by atoms with Crippen LogP contribution in [-0.4, -0.2) is 6.54 Å². The zero-order valence-corrected chi connectivity index (χ0v) is 12.9. The molecule has 0 amide bonds. The van der Waals surface area contributed by atoms with Crippen molar-refractivity contribution in [3.8, 4) is 0 Å². The number of nitrogens with one attached hydrogen (secondary N) is 1. The van der Waals surface area contributed by atoms with Crippen LogP contribution in [0.5, 0.6) is 0 Å². The molecule has 4 heteroatoms. The second-order valence-electron chi connectivity index (χ2n) is 4.57. The van der Waals surface area contributed by atoms with Crippen molar-refractivity contribution in [2.45, 2.75) is 18.9 Å². The summed E-state index contributed by atoms with van der Waals surface area (Å²) in [5, 5.41) is 3.52. The van der Waals surface area contributed by atoms with Crippen LogP contribution in [0.1, 0.15) is 21.9 Å². The minimum Gasteiger partial charge on any atom is -0.311 e. The molecule has 1 heterocycles. The van der Waals surface area contributed by atoms with Gasteiger partial charge in [-0.25, -0.2) is 0 Å². The van der Waals surface area contributed by atoms with E-state index in [0.29, 0.717) is 5.92 Å². The molecule has 0 aliphatic heterocycles. The van der Waals surface area contributed by atoms with Gasteiger partial charge in [0.1, 0.15) is 4.34 Å². The molecule has 0 bridgehead atoms. The lowest BCUT2D eigenvalue weighted by Gasteiger charge is -2.30. The fourth-order valence-electron chi connectivity index (χ4n) is 2.39. The predicted molar refractivity (Wildman–Crippen MR) is 81.6 cm³/mol. The van der Waals surface area contributed by atoms with Crippen LogP contribution in [0.4, 0.5) is 0 Å². The first-order chi connectivity index (χ1) is 8.74. The molecule has 1 aromatic heterocycles. The van der Waals surface area contributed by atoms with Gasteiger partial charge in [-0.1, -0.05) is 35.9 Å². The highest BCUT2D eigenvalue weighted by Gasteiger charge is 2.24. The summed E-state index contributed by atoms with van der Waals surface area (Å²) in [5.74, 6) is 0.681. The zero-order valence-electron chi connectivity index (χ0n) is 9.75. The van der Waals surface area contributed by atoms with E-state index in [1.807, 2.05) is 0 Å². The van der Waals surface area contributed by atoms with E-state index in [2.05, 4.69) is 51.6 Å². The van der Waals surface area contributed by atoms with Gasteiger partial charge in [-0.05, 0) is 39.5 Å². The molecule has 0 radical (unpaired) electrons. The standard InChI is InChI=1S/C14H13BrClNS/c15-13-6-11(18-14(13)16)8-17-7-10-5-9-3-1-2-4-12(9)10/h1-4,6,10,17H,5,7-8H2. The Hall–Kier alpha value is -0.350. The highest BCUT2D eigenvalue weighted by atomic mass is 79.9. The number of hydrogen-bond acceptors (Lipinski definition) is 2. The molecule has 0 fully saturated rings. The Kier molecular flexibility index (Phi) is 3.76. The van der Waals surface area contributed by atoms with Crippen LogP contribution >= 0.6 is 38.9 Å². The summed E-state index contributed by atoms with van der Waals surface area (Å²) in [7, 11) is 0. The number of benzene rings is 1. The molecule has 1 aromatic carbocycles. The van der Waals surface area contributed by atoms with Crippen molar-refractivity contribution in [2.75, 3.05) is 6.54 Å². The SMILES string of the molecule is Clc1sc(CNCC2Cc3ccccc32)cc1Br. The molecule has 1 unspecified atom stereocenters. The van der Waals surface area contributed by atoms with Gasteiger partial charge in [0.2, 0.25) is 0 Å². The maximum Gasteiger partial charge on any atom is 0.107 e. The van der Waals surface area contributed by atoms with E-state index in [-0.39, 0.29) is 0 Å². The molecule has 1 aliphatic carbocycles. The first-order valence-electron chi connectivity index (χ1n) is 5.96. The third-order valence-electron chi connectivity index (χ3n) is 3.35. The van der Waals surface area contributed by atoms with Crippen LogP contribution in [0.15, 0.2) is 34.8 Å². The van der Waals surface area contributed by atoms with Gasteiger partial charge < -0.3 is 5.32 Å². The summed E-state index contributed by atoms with van der Waals surface area (Å²) in [6, 6.07) is 10.8. The van der Waals surface area contributed by atoms with E-state index in [1.54, 1.807) is 11.3 Å². The Balaban J connectivity index is 1.52. The summed E-state index contributed by atoms with van der Waals surface area (Å²) in [5.41, 5.74) is 3.02. The average Bonchev–Trinajstić information content (AvgIpc) is 2.65. The summed E-state index contributed by atoms with van der Waals surface area (Å²) in [4.78, 5) is 1.28. The molecular weight excluding hydrogens is 330 g/mol. The third-order valence-corrected chi connectivity index (χ3v) is 5.82. The van der Waals surface area contributed by atoms with Crippen LogP contribution in [0, 0.1) is 0 Å². The molecule has 0 spiro atoms. The Bertz CT molecular complexity index is 547. The normalized spacial score (nSPS) is 17.3. The molecule has 2 aromatic rings. The van der Waals surface area contributed by atoms with Crippen molar-refractivity contribution < 1.29 is 0 Å². The fraction of sp³-hybridized carbons (Fsp3) is 0.286. The predicted octanol–water partition coefficient (Wildman–Crippen LogP) is 4.59. The monoisotopic (exact) mass is 341 g/mol. The van der Waals surface area contributed by atoms with Crippen molar-refractivity contribution in [1.29, 1.82) is 0 Å². The Morgan fingerprint density at radius 1 is 1.39 bits per heavy atom. The molecule has 0 saturated heterocycles. The second kappa shape index (κ2) is 5.33. The van der Waals surface area contributed by atoms with Crippen molar-refractivity contribution >= 4 is 38.9 Å². The maximum atomic E-state index is 6.02. The van der Waals surface area contributed by atoms with E-state index in [1.165, 1.54) is 22.4 Å². The van der Waals surface area contributed by atoms with E-state index in [9.17, 15) is 0 Å². The number of halogens is 2. The Morgan fingerprint density at radius 2 is 2.22 bits per heavy atom. The van der Waals surface area contributed by atoms with Gasteiger partial charge in [-0.2, -0.15) is 0 Å². The number of fused-ring (bicyclic) bond motifs is 1. The smallest absolute Gasteiger partial charge is 0.107 e. The molecule has 1 N–H and O–H groups in total. The lowest BCUT2D eigenvalue weighted by atomic mass is 9.77. The number of thiophene rings is 1. The summed E-state index contributed by atoms with van der Waals surface area (Å²) in [6.45, 7) is 1.94. The van der Waals surface area contributed by atoms with Gasteiger partial charge in [-0.15, -0.1) is 11.3 Å². The maximum absolute atomic E-state index is 6.02. The van der Waals surface area contributed by atoms with Gasteiger partial charge in [0.15, 0.2) is 0 Å². The van der Waals surface area contributed by atoms with E-state index in [0.717, 1.165) is 21.9 Å². The molecule has 0 saturated carbocycles. The molecule has 94 valence electrons. The topological polar surface area (TPSA) is 12.0 Å². The zero-order chi connectivity index (χ0) is 12.5. The van der Waals surface area contributed by atoms with Gasteiger partial charge in [0.25, 0.3) is 0 Å². The van der Waals surface area contributed by atoms with E-state index in [4.69, 9.17) is 11.6 Å². The minimum atomic E-state index is 0.681. The molecule has 3 rings (SSSR count). The molecule has 1 nitrogen and oxygen atoms in total. The Labute approximate surface area is 124 Å². The van der Waals surface area contributed by atoms with Crippen LogP contribution in [0.25, 0.3) is 0 Å². The first kappa shape index (κ1) is 12.7. The fourth-order valence-corrected chi connectivity index (χ4v) is 4.15. The van der Waals surface area contributed by atoms with Crippen molar-refractivity contribution in [3.05, 3.63) is 55.1 Å². The highest BCUT2D eigenvalue weighted by Crippen LogP contribution is 2.35. The van der Waals surface area contributed by atoms with Gasteiger partial charge in [-0.3, -0.25) is 0 Å². The molecule has 1 aliphatic rings. The second-order valence-corrected chi connectivity index (χ2v) is 7.16. The summed E-state index contributed by atoms with van der Waals surface area (Å²) >= 11 is 11.1. The Morgan fingerprint density at radius 3 is 2.94 bits per heavy atom. The average molecular weight is 343 g/mol. The molecule has 1 atom stereocenters. The van der Waals surface area contributed by atoms with Crippen LogP contribution < -0.4 is 5.32 Å². The largest absolute Gasteiger partial charge is 0.311 e. The van der Waals surface area contributed by atoms with Crippen LogP contribution in [0.3, 0.4) is 0 Å². The number of hydrogen-bond donors (Lipinski definition) is 1. The van der Waals surface area contributed by atoms with Crippen LogP contribution in [0.2, 0.25) is 4.34 Å². The molecular formula is C14H13BrClNS. The molecule has 18 heavy (non-hydrogen) atoms.